The Balaban J connectivity index is 1.24. The third kappa shape index (κ3) is 5.12. The van der Waals surface area contributed by atoms with E-state index in [9.17, 15) is 4.79 Å². The van der Waals surface area contributed by atoms with Crippen molar-refractivity contribution in [3.63, 3.8) is 0 Å². The second-order valence-corrected chi connectivity index (χ2v) is 6.54. The molecule has 1 aliphatic rings. The number of esters is 1. The summed E-state index contributed by atoms with van der Waals surface area (Å²) in [5, 5.41) is 3.88. The van der Waals surface area contributed by atoms with E-state index in [1.807, 2.05) is 10.8 Å². The van der Waals surface area contributed by atoms with Gasteiger partial charge in [0.15, 0.2) is 17.6 Å². The number of carbonyl (C=O) groups excluding carboxylic acids is 1. The average molecular weight is 378 g/mol. The molecule has 1 unspecified atom stereocenters. The molecule has 2 aromatic rings. The second-order valence-electron chi connectivity index (χ2n) is 5.80. The lowest BCUT2D eigenvalue weighted by atomic mass is 10.2. The van der Waals surface area contributed by atoms with Crippen LogP contribution < -0.4 is 14.2 Å². The number of ether oxygens (including phenoxy) is 5. The van der Waals surface area contributed by atoms with Gasteiger partial charge in [0.05, 0.1) is 25.9 Å². The normalized spacial score (nSPS) is 15.5. The van der Waals surface area contributed by atoms with Crippen molar-refractivity contribution in [3.05, 3.63) is 40.6 Å². The highest BCUT2D eigenvalue weighted by Gasteiger charge is 2.21. The van der Waals surface area contributed by atoms with E-state index in [1.165, 1.54) is 7.11 Å². The van der Waals surface area contributed by atoms with Crippen LogP contribution in [0, 0.1) is 0 Å². The van der Waals surface area contributed by atoms with Crippen LogP contribution in [0.3, 0.4) is 0 Å². The Morgan fingerprint density at radius 2 is 1.92 bits per heavy atom. The Hall–Kier alpha value is -2.25. The van der Waals surface area contributed by atoms with Crippen molar-refractivity contribution in [1.29, 1.82) is 0 Å². The molecule has 140 valence electrons. The number of methoxy groups -OCH3 is 1. The minimum atomic E-state index is -0.351. The zero-order valence-electron chi connectivity index (χ0n) is 14.6. The number of rotatable bonds is 9. The highest BCUT2D eigenvalue weighted by molar-refractivity contribution is 7.08. The van der Waals surface area contributed by atoms with Crippen LogP contribution in [-0.4, -0.2) is 45.6 Å². The molecule has 0 aliphatic carbocycles. The van der Waals surface area contributed by atoms with Gasteiger partial charge in [0, 0.05) is 17.4 Å². The van der Waals surface area contributed by atoms with Gasteiger partial charge >= 0.3 is 5.97 Å². The van der Waals surface area contributed by atoms with Crippen molar-refractivity contribution in [2.45, 2.75) is 18.9 Å². The molecule has 0 bridgehead atoms. The van der Waals surface area contributed by atoms with Crippen LogP contribution in [0.25, 0.3) is 0 Å². The van der Waals surface area contributed by atoms with Crippen molar-refractivity contribution < 1.29 is 28.5 Å². The number of hydrogen-bond acceptors (Lipinski definition) is 7. The minimum Gasteiger partial charge on any atom is -0.494 e. The summed E-state index contributed by atoms with van der Waals surface area (Å²) in [5.41, 5.74) is 0.511. The number of thiophene rings is 1. The second kappa shape index (κ2) is 9.45. The third-order valence-corrected chi connectivity index (χ3v) is 4.54. The lowest BCUT2D eigenvalue weighted by Crippen LogP contribution is -2.33. The molecule has 0 fully saturated rings. The van der Waals surface area contributed by atoms with Gasteiger partial charge in [-0.2, -0.15) is 0 Å². The van der Waals surface area contributed by atoms with Crippen LogP contribution in [0.15, 0.2) is 35.0 Å². The predicted molar refractivity (Wildman–Crippen MR) is 97.6 cm³/mol. The summed E-state index contributed by atoms with van der Waals surface area (Å²) in [6, 6.07) is 6.91. The van der Waals surface area contributed by atoms with Crippen LogP contribution in [0.5, 0.6) is 17.2 Å². The zero-order chi connectivity index (χ0) is 18.2. The zero-order valence-corrected chi connectivity index (χ0v) is 15.5. The molecular weight excluding hydrogens is 356 g/mol. The summed E-state index contributed by atoms with van der Waals surface area (Å²) < 4.78 is 27.4. The molecule has 1 aromatic carbocycles. The highest BCUT2D eigenvalue weighted by atomic mass is 32.1. The maximum Gasteiger partial charge on any atom is 0.337 e. The third-order valence-electron chi connectivity index (χ3n) is 3.84. The monoisotopic (exact) mass is 378 g/mol. The standard InChI is InChI=1S/C19H22O6S/c1-21-19(20)14-4-6-15(7-5-14)23-9-3-2-8-22-10-16-11-24-17-12-26-13-18(17)25-16/h4-7,12-13,16H,2-3,8-11H2,1H3. The van der Waals surface area contributed by atoms with E-state index in [0.29, 0.717) is 32.0 Å². The first-order valence-corrected chi connectivity index (χ1v) is 9.45. The lowest BCUT2D eigenvalue weighted by Gasteiger charge is -2.24. The van der Waals surface area contributed by atoms with Gasteiger partial charge in [-0.05, 0) is 37.1 Å². The van der Waals surface area contributed by atoms with Gasteiger partial charge in [-0.15, -0.1) is 11.3 Å². The molecule has 0 spiro atoms. The molecule has 6 nitrogen and oxygen atoms in total. The molecule has 0 radical (unpaired) electrons. The fraction of sp³-hybridized carbons (Fsp3) is 0.421. The van der Waals surface area contributed by atoms with Gasteiger partial charge in [-0.3, -0.25) is 0 Å². The summed E-state index contributed by atoms with van der Waals surface area (Å²) in [5.74, 6) is 2.01. The van der Waals surface area contributed by atoms with E-state index in [-0.39, 0.29) is 12.1 Å². The van der Waals surface area contributed by atoms with Gasteiger partial charge in [-0.25, -0.2) is 4.79 Å². The average Bonchev–Trinajstić information content (AvgIpc) is 3.15. The topological polar surface area (TPSA) is 63.2 Å². The van der Waals surface area contributed by atoms with E-state index in [1.54, 1.807) is 35.6 Å². The molecule has 0 saturated carbocycles. The molecule has 1 aliphatic heterocycles. The van der Waals surface area contributed by atoms with Crippen LogP contribution in [0.2, 0.25) is 0 Å². The fourth-order valence-electron chi connectivity index (χ4n) is 2.46. The van der Waals surface area contributed by atoms with E-state index >= 15 is 0 Å². The highest BCUT2D eigenvalue weighted by Crippen LogP contribution is 2.35. The van der Waals surface area contributed by atoms with E-state index in [0.717, 1.165) is 30.1 Å². The lowest BCUT2D eigenvalue weighted by molar-refractivity contribution is 0.00799. The summed E-state index contributed by atoms with van der Waals surface area (Å²) in [7, 11) is 1.36. The Kier molecular flexibility index (Phi) is 6.74. The molecule has 7 heteroatoms. The Morgan fingerprint density at radius 1 is 1.15 bits per heavy atom. The van der Waals surface area contributed by atoms with E-state index < -0.39 is 0 Å². The van der Waals surface area contributed by atoms with Gasteiger partial charge in [0.2, 0.25) is 0 Å². The van der Waals surface area contributed by atoms with Gasteiger partial charge in [-0.1, -0.05) is 0 Å². The van der Waals surface area contributed by atoms with Gasteiger partial charge in [0.1, 0.15) is 12.4 Å². The SMILES string of the molecule is COC(=O)c1ccc(OCCCCOCC2COc3cscc3O2)cc1. The summed E-state index contributed by atoms with van der Waals surface area (Å²) >= 11 is 1.57. The quantitative estimate of drug-likeness (QED) is 0.491. The number of fused-ring (bicyclic) bond motifs is 1. The van der Waals surface area contributed by atoms with Crippen molar-refractivity contribution in [2.24, 2.45) is 0 Å². The van der Waals surface area contributed by atoms with Crippen molar-refractivity contribution >= 4 is 17.3 Å². The van der Waals surface area contributed by atoms with Crippen LogP contribution in [0.4, 0.5) is 0 Å². The molecule has 0 saturated heterocycles. The van der Waals surface area contributed by atoms with Crippen molar-refractivity contribution in [3.8, 4) is 17.2 Å². The Morgan fingerprint density at radius 3 is 2.73 bits per heavy atom. The van der Waals surface area contributed by atoms with Crippen molar-refractivity contribution in [1.82, 2.24) is 0 Å². The van der Waals surface area contributed by atoms with Crippen LogP contribution in [-0.2, 0) is 9.47 Å². The Labute approximate surface area is 156 Å². The maximum atomic E-state index is 11.4. The number of carbonyl (C=O) groups is 1. The molecule has 3 rings (SSSR count). The number of unbranched alkanes of at least 4 members (excludes halogenated alkanes) is 1. The van der Waals surface area contributed by atoms with Crippen LogP contribution in [0.1, 0.15) is 23.2 Å². The molecule has 0 N–H and O–H groups in total. The summed E-state index contributed by atoms with van der Waals surface area (Å²) in [6.07, 6.45) is 1.73. The molecular formula is C19H22O6S. The first-order valence-electron chi connectivity index (χ1n) is 8.51. The van der Waals surface area contributed by atoms with E-state index in [2.05, 4.69) is 4.74 Å². The largest absolute Gasteiger partial charge is 0.494 e. The summed E-state index contributed by atoms with van der Waals surface area (Å²) in [4.78, 5) is 11.4. The molecule has 1 aromatic heterocycles. The smallest absolute Gasteiger partial charge is 0.337 e. The summed E-state index contributed by atoms with van der Waals surface area (Å²) in [6.45, 7) is 2.29. The maximum absolute atomic E-state index is 11.4. The molecule has 26 heavy (non-hydrogen) atoms. The molecule has 2 heterocycles. The fourth-order valence-corrected chi connectivity index (χ4v) is 3.13. The molecule has 1 atom stereocenters. The minimum absolute atomic E-state index is 0.0540. The van der Waals surface area contributed by atoms with Gasteiger partial charge < -0.3 is 23.7 Å². The molecule has 0 amide bonds. The first-order chi connectivity index (χ1) is 12.8. The van der Waals surface area contributed by atoms with Crippen LogP contribution >= 0.6 is 11.3 Å². The number of hydrogen-bond donors (Lipinski definition) is 0. The predicted octanol–water partition coefficient (Wildman–Crippen LogP) is 3.55. The van der Waals surface area contributed by atoms with Crippen molar-refractivity contribution in [2.75, 3.05) is 33.5 Å². The van der Waals surface area contributed by atoms with Gasteiger partial charge in [0.25, 0.3) is 0 Å². The Bertz CT molecular complexity index is 696. The van der Waals surface area contributed by atoms with E-state index in [4.69, 9.17) is 18.9 Å². The number of benzene rings is 1. The first kappa shape index (κ1) is 18.5.